The van der Waals surface area contributed by atoms with Gasteiger partial charge in [0.25, 0.3) is 0 Å². The molecule has 1 heterocycles. The van der Waals surface area contributed by atoms with Crippen LogP contribution in [0, 0.1) is 0 Å². The molecule has 7 nitrogen and oxygen atoms in total. The van der Waals surface area contributed by atoms with Gasteiger partial charge in [-0.2, -0.15) is 0 Å². The Morgan fingerprint density at radius 3 is 2.29 bits per heavy atom. The second-order valence-electron chi connectivity index (χ2n) is 8.55. The molecule has 2 aromatic rings. The maximum absolute atomic E-state index is 13.4. The number of nitrogen functional groups attached to an aromatic ring is 1. The van der Waals surface area contributed by atoms with Crippen LogP contribution in [-0.2, 0) is 4.79 Å². The number of rotatable bonds is 7. The molecule has 168 valence electrons. The molecule has 0 aliphatic heterocycles. The van der Waals surface area contributed by atoms with E-state index in [9.17, 15) is 4.79 Å². The van der Waals surface area contributed by atoms with Crippen LogP contribution in [0.5, 0.6) is 5.75 Å². The van der Waals surface area contributed by atoms with E-state index in [-0.39, 0.29) is 5.91 Å². The number of nitrogens with two attached hydrogens (primary N) is 1. The number of hydrogen-bond donors (Lipinski definition) is 1. The number of thioether (sulfide) groups is 1. The average Bonchev–Trinajstić information content (AvgIpc) is 3.19. The maximum atomic E-state index is 13.4. The van der Waals surface area contributed by atoms with Gasteiger partial charge in [0.2, 0.25) is 11.1 Å². The van der Waals surface area contributed by atoms with Crippen molar-refractivity contribution in [3.8, 4) is 17.1 Å². The first-order valence-electron chi connectivity index (χ1n) is 11.5. The molecule has 8 heteroatoms. The summed E-state index contributed by atoms with van der Waals surface area (Å²) in [6.07, 6.45) is 12.1. The quantitative estimate of drug-likeness (QED) is 0.508. The number of carbonyl (C=O) groups excluding carboxylic acids is 1. The lowest BCUT2D eigenvalue weighted by Gasteiger charge is -2.41. The van der Waals surface area contributed by atoms with Crippen LogP contribution in [0.2, 0.25) is 0 Å². The molecule has 2 aliphatic carbocycles. The van der Waals surface area contributed by atoms with Crippen molar-refractivity contribution in [2.45, 2.75) is 81.4 Å². The topological polar surface area (TPSA) is 86.3 Å². The van der Waals surface area contributed by atoms with E-state index >= 15 is 0 Å². The molecule has 0 radical (unpaired) electrons. The van der Waals surface area contributed by atoms with Crippen LogP contribution in [0.25, 0.3) is 11.4 Å². The SMILES string of the molecule is COc1ccccc1-c1nnc(SCC(=O)N(C2CCCCC2)C2CCCCC2)n1N. The largest absolute Gasteiger partial charge is 0.496 e. The van der Waals surface area contributed by atoms with Gasteiger partial charge in [0.05, 0.1) is 18.4 Å². The molecule has 2 N–H and O–H groups in total. The summed E-state index contributed by atoms with van der Waals surface area (Å²) in [5.74, 6) is 8.07. The lowest BCUT2D eigenvalue weighted by molar-refractivity contribution is -0.135. The average molecular weight is 444 g/mol. The summed E-state index contributed by atoms with van der Waals surface area (Å²) in [4.78, 5) is 15.6. The van der Waals surface area contributed by atoms with Gasteiger partial charge in [-0.05, 0) is 37.8 Å². The van der Waals surface area contributed by atoms with Crippen molar-refractivity contribution in [3.63, 3.8) is 0 Å². The van der Waals surface area contributed by atoms with E-state index in [0.717, 1.165) is 31.2 Å². The number of aromatic nitrogens is 3. The van der Waals surface area contributed by atoms with E-state index in [4.69, 9.17) is 10.6 Å². The highest BCUT2D eigenvalue weighted by Crippen LogP contribution is 2.32. The van der Waals surface area contributed by atoms with Crippen LogP contribution in [0.3, 0.4) is 0 Å². The monoisotopic (exact) mass is 443 g/mol. The molecule has 0 saturated heterocycles. The van der Waals surface area contributed by atoms with Crippen LogP contribution in [0.15, 0.2) is 29.4 Å². The number of amides is 1. The molecule has 4 rings (SSSR count). The summed E-state index contributed by atoms with van der Waals surface area (Å²) in [7, 11) is 1.62. The molecule has 1 aromatic carbocycles. The van der Waals surface area contributed by atoms with Crippen molar-refractivity contribution in [2.75, 3.05) is 18.7 Å². The van der Waals surface area contributed by atoms with Crippen molar-refractivity contribution >= 4 is 17.7 Å². The Labute approximate surface area is 188 Å². The molecule has 31 heavy (non-hydrogen) atoms. The van der Waals surface area contributed by atoms with Crippen molar-refractivity contribution in [3.05, 3.63) is 24.3 Å². The van der Waals surface area contributed by atoms with Gasteiger partial charge in [-0.1, -0.05) is 62.4 Å². The minimum atomic E-state index is 0.214. The maximum Gasteiger partial charge on any atom is 0.233 e. The number of para-hydroxylation sites is 1. The highest BCUT2D eigenvalue weighted by atomic mass is 32.2. The second-order valence-corrected chi connectivity index (χ2v) is 9.49. The van der Waals surface area contributed by atoms with Crippen LogP contribution < -0.4 is 10.6 Å². The summed E-state index contributed by atoms with van der Waals surface area (Å²) in [6.45, 7) is 0. The van der Waals surface area contributed by atoms with Gasteiger partial charge in [0, 0.05) is 12.1 Å². The fourth-order valence-electron chi connectivity index (χ4n) is 5.01. The number of carbonyl (C=O) groups is 1. The number of benzene rings is 1. The Morgan fingerprint density at radius 2 is 1.68 bits per heavy atom. The van der Waals surface area contributed by atoms with Gasteiger partial charge in [-0.15, -0.1) is 10.2 Å². The second kappa shape index (κ2) is 10.4. The Bertz CT molecular complexity index is 857. The first kappa shape index (κ1) is 22.0. The van der Waals surface area contributed by atoms with Crippen molar-refractivity contribution in [1.82, 2.24) is 19.8 Å². The van der Waals surface area contributed by atoms with Gasteiger partial charge in [0.1, 0.15) is 5.75 Å². The normalized spacial score (nSPS) is 18.1. The van der Waals surface area contributed by atoms with Crippen LogP contribution in [0.4, 0.5) is 0 Å². The number of methoxy groups -OCH3 is 1. The van der Waals surface area contributed by atoms with Crippen LogP contribution >= 0.6 is 11.8 Å². The standard InChI is InChI=1S/C23H33N5O2S/c1-30-20-15-9-8-14-19(20)22-25-26-23(28(22)24)31-16-21(29)27(17-10-4-2-5-11-17)18-12-6-3-7-13-18/h8-9,14-15,17-18H,2-7,10-13,16,24H2,1H3. The zero-order valence-corrected chi connectivity index (χ0v) is 19.1. The predicted molar refractivity (Wildman–Crippen MR) is 123 cm³/mol. The number of nitrogens with zero attached hydrogens (tertiary/aromatic N) is 4. The molecular weight excluding hydrogens is 410 g/mol. The van der Waals surface area contributed by atoms with Gasteiger partial charge >= 0.3 is 0 Å². The molecule has 0 unspecified atom stereocenters. The third kappa shape index (κ3) is 5.00. The summed E-state index contributed by atoms with van der Waals surface area (Å²) in [5.41, 5.74) is 0.782. The minimum absolute atomic E-state index is 0.214. The molecule has 2 aliphatic rings. The number of ether oxygens (including phenoxy) is 1. The van der Waals surface area contributed by atoms with Crippen molar-refractivity contribution in [1.29, 1.82) is 0 Å². The molecule has 0 atom stereocenters. The third-order valence-corrected chi connectivity index (χ3v) is 7.49. The highest BCUT2D eigenvalue weighted by molar-refractivity contribution is 7.99. The minimum Gasteiger partial charge on any atom is -0.496 e. The zero-order valence-electron chi connectivity index (χ0n) is 18.3. The molecule has 2 saturated carbocycles. The van der Waals surface area contributed by atoms with Crippen LogP contribution in [-0.4, -0.2) is 50.6 Å². The van der Waals surface area contributed by atoms with Gasteiger partial charge in [0.15, 0.2) is 5.82 Å². The molecule has 1 aromatic heterocycles. The fourth-order valence-corrected chi connectivity index (χ4v) is 5.74. The fraction of sp³-hybridized carbons (Fsp3) is 0.609. The van der Waals surface area contributed by atoms with Gasteiger partial charge in [-0.3, -0.25) is 4.79 Å². The van der Waals surface area contributed by atoms with E-state index in [2.05, 4.69) is 15.1 Å². The molecule has 0 spiro atoms. The lowest BCUT2D eigenvalue weighted by Crippen LogP contribution is -2.49. The smallest absolute Gasteiger partial charge is 0.233 e. The van der Waals surface area contributed by atoms with Crippen LogP contribution in [0.1, 0.15) is 64.2 Å². The highest BCUT2D eigenvalue weighted by Gasteiger charge is 2.32. The molecule has 2 fully saturated rings. The van der Waals surface area contributed by atoms with Gasteiger partial charge in [-0.25, -0.2) is 4.68 Å². The first-order valence-corrected chi connectivity index (χ1v) is 12.5. The Hall–Kier alpha value is -2.22. The predicted octanol–water partition coefficient (Wildman–Crippen LogP) is 4.25. The summed E-state index contributed by atoms with van der Waals surface area (Å²) in [6, 6.07) is 8.37. The van der Waals surface area contributed by atoms with Crippen molar-refractivity contribution in [2.24, 2.45) is 0 Å². The van der Waals surface area contributed by atoms with E-state index in [0.29, 0.717) is 34.6 Å². The van der Waals surface area contributed by atoms with E-state index in [1.165, 1.54) is 55.0 Å². The van der Waals surface area contributed by atoms with E-state index in [1.807, 2.05) is 24.3 Å². The van der Waals surface area contributed by atoms with E-state index in [1.54, 1.807) is 7.11 Å². The molecule has 0 bridgehead atoms. The lowest BCUT2D eigenvalue weighted by atomic mass is 9.88. The Kier molecular flexibility index (Phi) is 7.37. The summed E-state index contributed by atoms with van der Waals surface area (Å²) < 4.78 is 6.88. The Balaban J connectivity index is 1.47. The first-order chi connectivity index (χ1) is 15.2. The van der Waals surface area contributed by atoms with Gasteiger partial charge < -0.3 is 15.5 Å². The summed E-state index contributed by atoms with van der Waals surface area (Å²) in [5, 5.41) is 9.05. The summed E-state index contributed by atoms with van der Waals surface area (Å²) >= 11 is 1.37. The Morgan fingerprint density at radius 1 is 1.06 bits per heavy atom. The van der Waals surface area contributed by atoms with Crippen molar-refractivity contribution < 1.29 is 9.53 Å². The third-order valence-electron chi connectivity index (χ3n) is 6.56. The van der Waals surface area contributed by atoms with E-state index < -0.39 is 0 Å². The zero-order chi connectivity index (χ0) is 21.6. The molecule has 1 amide bonds. The number of hydrogen-bond acceptors (Lipinski definition) is 6. The molecular formula is C23H33N5O2S.